The van der Waals surface area contributed by atoms with Gasteiger partial charge in [-0.25, -0.2) is 5.84 Å². The molecule has 2 atom stereocenters. The van der Waals surface area contributed by atoms with Crippen molar-refractivity contribution >= 4 is 5.91 Å². The van der Waals surface area contributed by atoms with Gasteiger partial charge >= 0.3 is 0 Å². The number of rotatable bonds is 5. The van der Waals surface area contributed by atoms with E-state index in [1.54, 1.807) is 0 Å². The second-order valence-corrected chi connectivity index (χ2v) is 3.31. The summed E-state index contributed by atoms with van der Waals surface area (Å²) in [6.07, 6.45) is 1.08. The van der Waals surface area contributed by atoms with Crippen molar-refractivity contribution in [1.82, 2.24) is 10.3 Å². The van der Waals surface area contributed by atoms with E-state index in [9.17, 15) is 4.79 Å². The Balaban J connectivity index is 4.38. The predicted octanol–water partition coefficient (Wildman–Crippen LogP) is -0.0111. The Labute approximate surface area is 84.8 Å². The zero-order valence-corrected chi connectivity index (χ0v) is 8.95. The van der Waals surface area contributed by atoms with E-state index in [0.29, 0.717) is 12.8 Å². The lowest BCUT2D eigenvalue weighted by Gasteiger charge is -2.29. The maximum Gasteiger partial charge on any atom is 0.251 e. The average molecular weight is 198 g/mol. The van der Waals surface area contributed by atoms with E-state index in [1.165, 1.54) is 0 Å². The van der Waals surface area contributed by atoms with Crippen LogP contribution in [0.5, 0.6) is 0 Å². The highest BCUT2D eigenvalue weighted by Crippen LogP contribution is 2.08. The summed E-state index contributed by atoms with van der Waals surface area (Å²) in [7, 11) is 1.82. The molecule has 0 rings (SSSR count). The smallest absolute Gasteiger partial charge is 0.251 e. The lowest BCUT2D eigenvalue weighted by Crippen LogP contribution is -2.50. The van der Waals surface area contributed by atoms with Crippen LogP contribution in [-0.2, 0) is 4.79 Å². The number of likely N-dealkylation sites (N-methyl/N-ethyl adjacent to an activating group) is 1. The number of nitrogens with zero attached hydrogens (tertiary/aromatic N) is 2. The van der Waals surface area contributed by atoms with Crippen molar-refractivity contribution in [1.29, 1.82) is 5.26 Å². The third kappa shape index (κ3) is 3.32. The number of hydrazine groups is 1. The first-order valence-electron chi connectivity index (χ1n) is 4.67. The molecule has 0 saturated heterocycles. The first-order valence-corrected chi connectivity index (χ1v) is 4.67. The number of nitrogens with two attached hydrogens (primary N) is 1. The molecule has 0 aliphatic rings. The molecule has 14 heavy (non-hydrogen) atoms. The summed E-state index contributed by atoms with van der Waals surface area (Å²) in [5, 5.41) is 8.53. The van der Waals surface area contributed by atoms with Crippen LogP contribution < -0.4 is 11.3 Å². The van der Waals surface area contributed by atoms with Gasteiger partial charge in [0.2, 0.25) is 0 Å². The Hall–Kier alpha value is -1.12. The van der Waals surface area contributed by atoms with E-state index in [-0.39, 0.29) is 18.0 Å². The first kappa shape index (κ1) is 12.9. The van der Waals surface area contributed by atoms with Crippen molar-refractivity contribution in [3.63, 3.8) is 0 Å². The van der Waals surface area contributed by atoms with Gasteiger partial charge in [0.15, 0.2) is 0 Å². The number of carbonyl (C=O) groups excluding carboxylic acids is 1. The summed E-state index contributed by atoms with van der Waals surface area (Å²) in [5.41, 5.74) is 2.13. The summed E-state index contributed by atoms with van der Waals surface area (Å²) in [5.74, 6) is 4.86. The van der Waals surface area contributed by atoms with E-state index in [4.69, 9.17) is 11.1 Å². The average Bonchev–Trinajstić information content (AvgIpc) is 2.18. The number of hydrogen-bond donors (Lipinski definition) is 2. The monoisotopic (exact) mass is 198 g/mol. The summed E-state index contributed by atoms with van der Waals surface area (Å²) in [4.78, 5) is 13.2. The summed E-state index contributed by atoms with van der Waals surface area (Å²) < 4.78 is 0. The Bertz CT molecular complexity index is 223. The highest BCUT2D eigenvalue weighted by atomic mass is 16.2. The standard InChI is InChI=1S/C9H18N4O/c1-4-8(9(14)12-11)13(3)7(2)5-6-10/h7-8H,4-5,11H2,1-3H3,(H,12,14). The van der Waals surface area contributed by atoms with Gasteiger partial charge in [0.25, 0.3) is 5.91 Å². The number of nitriles is 1. The van der Waals surface area contributed by atoms with Gasteiger partial charge < -0.3 is 0 Å². The minimum Gasteiger partial charge on any atom is -0.293 e. The third-order valence-corrected chi connectivity index (χ3v) is 2.41. The molecule has 0 radical (unpaired) electrons. The van der Waals surface area contributed by atoms with Crippen LogP contribution in [0.15, 0.2) is 0 Å². The van der Waals surface area contributed by atoms with Crippen molar-refractivity contribution in [2.45, 2.75) is 38.8 Å². The van der Waals surface area contributed by atoms with E-state index in [0.717, 1.165) is 0 Å². The fourth-order valence-corrected chi connectivity index (χ4v) is 1.34. The first-order chi connectivity index (χ1) is 6.58. The van der Waals surface area contributed by atoms with Crippen LogP contribution in [0, 0.1) is 11.3 Å². The predicted molar refractivity (Wildman–Crippen MR) is 53.9 cm³/mol. The Kier molecular flexibility index (Phi) is 5.84. The fraction of sp³-hybridized carbons (Fsp3) is 0.778. The minimum atomic E-state index is -0.261. The second kappa shape index (κ2) is 6.35. The fourth-order valence-electron chi connectivity index (χ4n) is 1.34. The molecule has 5 heteroatoms. The highest BCUT2D eigenvalue weighted by molar-refractivity contribution is 5.81. The molecule has 0 aromatic rings. The summed E-state index contributed by atoms with van der Waals surface area (Å²) in [6.45, 7) is 3.82. The van der Waals surface area contributed by atoms with Gasteiger partial charge in [-0.15, -0.1) is 0 Å². The maximum atomic E-state index is 11.3. The Morgan fingerprint density at radius 2 is 2.29 bits per heavy atom. The van der Waals surface area contributed by atoms with Crippen LogP contribution in [0.25, 0.3) is 0 Å². The van der Waals surface area contributed by atoms with Gasteiger partial charge in [0.05, 0.1) is 18.5 Å². The van der Waals surface area contributed by atoms with E-state index >= 15 is 0 Å². The topological polar surface area (TPSA) is 82.2 Å². The molecular weight excluding hydrogens is 180 g/mol. The zero-order valence-electron chi connectivity index (χ0n) is 8.95. The van der Waals surface area contributed by atoms with Gasteiger partial charge in [-0.05, 0) is 20.4 Å². The molecule has 0 fully saturated rings. The van der Waals surface area contributed by atoms with Crippen molar-refractivity contribution in [3.8, 4) is 6.07 Å². The summed E-state index contributed by atoms with van der Waals surface area (Å²) in [6, 6.07) is 1.88. The van der Waals surface area contributed by atoms with Crippen molar-refractivity contribution in [2.75, 3.05) is 7.05 Å². The molecular formula is C9H18N4O. The number of hydrogen-bond acceptors (Lipinski definition) is 4. The molecule has 0 heterocycles. The molecule has 0 aliphatic heterocycles. The third-order valence-electron chi connectivity index (χ3n) is 2.41. The Morgan fingerprint density at radius 3 is 2.64 bits per heavy atom. The van der Waals surface area contributed by atoms with Gasteiger partial charge in [0.1, 0.15) is 0 Å². The largest absolute Gasteiger partial charge is 0.293 e. The van der Waals surface area contributed by atoms with E-state index < -0.39 is 0 Å². The molecule has 0 aliphatic carbocycles. The van der Waals surface area contributed by atoms with E-state index in [2.05, 4.69) is 11.5 Å². The number of carbonyl (C=O) groups is 1. The Morgan fingerprint density at radius 1 is 1.71 bits per heavy atom. The van der Waals surface area contributed by atoms with Gasteiger partial charge in [-0.1, -0.05) is 6.92 Å². The lowest BCUT2D eigenvalue weighted by molar-refractivity contribution is -0.126. The molecule has 2 unspecified atom stereocenters. The van der Waals surface area contributed by atoms with Crippen molar-refractivity contribution in [3.05, 3.63) is 0 Å². The summed E-state index contributed by atoms with van der Waals surface area (Å²) >= 11 is 0. The quantitative estimate of drug-likeness (QED) is 0.370. The molecule has 3 N–H and O–H groups in total. The van der Waals surface area contributed by atoms with Gasteiger partial charge in [-0.3, -0.25) is 15.1 Å². The molecule has 80 valence electrons. The zero-order chi connectivity index (χ0) is 11.1. The number of amides is 1. The molecule has 5 nitrogen and oxygen atoms in total. The van der Waals surface area contributed by atoms with E-state index in [1.807, 2.05) is 25.8 Å². The molecule has 0 bridgehead atoms. The molecule has 0 aromatic carbocycles. The molecule has 0 spiro atoms. The second-order valence-electron chi connectivity index (χ2n) is 3.31. The highest BCUT2D eigenvalue weighted by Gasteiger charge is 2.23. The normalized spacial score (nSPS) is 14.6. The SMILES string of the molecule is CCC(C(=O)NN)N(C)C(C)CC#N. The van der Waals surface area contributed by atoms with Crippen molar-refractivity contribution in [2.24, 2.45) is 5.84 Å². The molecule has 1 amide bonds. The van der Waals surface area contributed by atoms with Crippen LogP contribution >= 0.6 is 0 Å². The molecule has 0 saturated carbocycles. The van der Waals surface area contributed by atoms with Gasteiger partial charge in [-0.2, -0.15) is 5.26 Å². The van der Waals surface area contributed by atoms with Crippen LogP contribution in [0.3, 0.4) is 0 Å². The van der Waals surface area contributed by atoms with Gasteiger partial charge in [0, 0.05) is 6.04 Å². The minimum absolute atomic E-state index is 0.0576. The van der Waals surface area contributed by atoms with Crippen LogP contribution in [-0.4, -0.2) is 29.9 Å². The lowest BCUT2D eigenvalue weighted by atomic mass is 10.1. The van der Waals surface area contributed by atoms with Crippen LogP contribution in [0.2, 0.25) is 0 Å². The molecule has 0 aromatic heterocycles. The maximum absolute atomic E-state index is 11.3. The number of nitrogens with one attached hydrogen (secondary N) is 1. The van der Waals surface area contributed by atoms with Crippen LogP contribution in [0.1, 0.15) is 26.7 Å². The van der Waals surface area contributed by atoms with Crippen LogP contribution in [0.4, 0.5) is 0 Å². The van der Waals surface area contributed by atoms with Crippen molar-refractivity contribution < 1.29 is 4.79 Å².